The fraction of sp³-hybridized carbons (Fsp3) is 0.650. The van der Waals surface area contributed by atoms with Crippen LogP contribution in [-0.4, -0.2) is 187 Å². The third-order valence-electron chi connectivity index (χ3n) is 4.39. The molecule has 0 atom stereocenters. The fourth-order valence-electron chi connectivity index (χ4n) is 2.96. The van der Waals surface area contributed by atoms with Crippen molar-refractivity contribution in [2.24, 2.45) is 0 Å². The molecule has 0 saturated carbocycles. The molecule has 0 rings (SSSR count). The van der Waals surface area contributed by atoms with E-state index in [1.54, 1.807) is 0 Å². The summed E-state index contributed by atoms with van der Waals surface area (Å²) in [6.07, 6.45) is 0. The number of aliphatic hydroxyl groups is 1. The van der Waals surface area contributed by atoms with Crippen molar-refractivity contribution in [2.75, 3.05) is 85.1 Å². The number of hydrogen-bond acceptors (Lipinski definition) is 12. The number of aliphatic carboxylic acids is 7. The van der Waals surface area contributed by atoms with E-state index in [0.29, 0.717) is 0 Å². The van der Waals surface area contributed by atoms with E-state index in [0.717, 1.165) is 9.80 Å². The second kappa shape index (κ2) is 40.5. The molecule has 45 heavy (non-hydrogen) atoms. The van der Waals surface area contributed by atoms with Gasteiger partial charge in [-0.15, -0.1) is 0 Å². The van der Waals surface area contributed by atoms with Crippen LogP contribution in [0.3, 0.4) is 0 Å². The van der Waals surface area contributed by atoms with Gasteiger partial charge in [0.05, 0.1) is 52.4 Å². The van der Waals surface area contributed by atoms with Crippen molar-refractivity contribution in [1.29, 1.82) is 0 Å². The van der Waals surface area contributed by atoms with Crippen molar-refractivity contribution >= 4 is 41.8 Å². The van der Waals surface area contributed by atoms with Gasteiger partial charge < -0.3 is 49.4 Å². The summed E-state index contributed by atoms with van der Waals surface area (Å²) in [6.45, 7) is -3.28. The van der Waals surface area contributed by atoms with E-state index < -0.39 is 81.1 Å². The van der Waals surface area contributed by atoms with Gasteiger partial charge in [-0.3, -0.25) is 53.2 Å². The quantitative estimate of drug-likeness (QED) is 0.0483. The zero-order valence-electron chi connectivity index (χ0n) is 32.9. The van der Waals surface area contributed by atoms with Gasteiger partial charge in [-0.1, -0.05) is 0 Å². The summed E-state index contributed by atoms with van der Waals surface area (Å²) in [7, 11) is 0. The van der Waals surface area contributed by atoms with Crippen LogP contribution in [0.4, 0.5) is 0 Å². The van der Waals surface area contributed by atoms with E-state index in [2.05, 4.69) is 0 Å². The number of carboxylic acids is 7. The fourth-order valence-corrected chi connectivity index (χ4v) is 2.96. The minimum Gasteiger partial charge on any atom is -1.00 e. The molecule has 0 amide bonds. The van der Waals surface area contributed by atoms with Crippen LogP contribution >= 0.6 is 0 Å². The van der Waals surface area contributed by atoms with Gasteiger partial charge in [-0.25, -0.2) is 0 Å². The van der Waals surface area contributed by atoms with Crippen LogP contribution in [0.2, 0.25) is 0 Å². The molecule has 0 heterocycles. The van der Waals surface area contributed by atoms with Crippen LogP contribution in [0.15, 0.2) is 0 Å². The molecule has 0 fully saturated rings. The molecular weight excluding hydrogens is 674 g/mol. The topological polar surface area (TPSA) is 294 Å². The van der Waals surface area contributed by atoms with E-state index in [4.69, 9.17) is 40.9 Å². The largest absolute Gasteiger partial charge is 1.00 e. The summed E-state index contributed by atoms with van der Waals surface area (Å²) < 4.78 is 0. The Hall–Kier alpha value is 2.09. The van der Waals surface area contributed by atoms with E-state index in [9.17, 15) is 33.6 Å². The molecule has 0 unspecified atom stereocenters. The van der Waals surface area contributed by atoms with Crippen LogP contribution in [0.25, 0.3) is 0 Å². The van der Waals surface area contributed by atoms with Gasteiger partial charge in [-0.2, -0.15) is 0 Å². The smallest absolute Gasteiger partial charge is 1.00 e. The first-order chi connectivity index (χ1) is 18.0. The van der Waals surface area contributed by atoms with E-state index in [-0.39, 0.29) is 232 Å². The molecule has 19 nitrogen and oxygen atoms in total. The summed E-state index contributed by atoms with van der Waals surface area (Å²) in [5, 5.41) is 69.1. The van der Waals surface area contributed by atoms with Gasteiger partial charge in [0.25, 0.3) is 0 Å². The molecule has 0 aromatic carbocycles. The minimum absolute atomic E-state index is 0. The normalized spacial score (nSPS) is 9.36. The van der Waals surface area contributed by atoms with Crippen LogP contribution in [0.1, 0.15) is 8.56 Å². The zero-order chi connectivity index (χ0) is 30.5. The summed E-state index contributed by atoms with van der Waals surface area (Å²) in [6, 6.07) is 0. The van der Waals surface area contributed by atoms with Crippen molar-refractivity contribution in [3.05, 3.63) is 0 Å². The molecule has 0 aromatic heterocycles. The molecule has 25 heteroatoms. The van der Waals surface area contributed by atoms with Crippen LogP contribution in [0, 0.1) is 0 Å². The third kappa shape index (κ3) is 48.3. The van der Waals surface area contributed by atoms with Gasteiger partial charge in [0.2, 0.25) is 0 Å². The van der Waals surface area contributed by atoms with Gasteiger partial charge in [0, 0.05) is 32.7 Å². The monoisotopic (exact) mass is 714 g/mol. The van der Waals surface area contributed by atoms with Gasteiger partial charge in [-0.05, 0) is 0 Å². The summed E-state index contributed by atoms with van der Waals surface area (Å²) in [5.74, 6) is -8.30. The number of carboxylic acid groups (broad SMARTS) is 7. The molecule has 0 saturated heterocycles. The maximum absolute atomic E-state index is 10.6. The standard InChI is InChI=1S/C10H16N2O8.C10H18N2O7.6Na.6H/c13-7(14)3-11(4-8(15)16)1-2-12(5-9(17)18)6-10(19)20;13-4-3-11(5-8(14)15)1-2-12(6-9(16)17)7-10(18)19;;;;;;;;;;;;/h1-6H2,(H,13,14)(H,15,16)(H,17,18)(H,19,20);13H,1-7H2,(H,14,15)(H,16,17)(H,18,19);;;;;;;;;;;;/q;;6*+1;6*-1. The average Bonchev–Trinajstić information content (AvgIpc) is 2.73. The van der Waals surface area contributed by atoms with Crippen LogP contribution in [0.5, 0.6) is 0 Å². The average molecular weight is 714 g/mol. The zero-order valence-corrected chi connectivity index (χ0v) is 38.9. The van der Waals surface area contributed by atoms with Crippen molar-refractivity contribution in [3.8, 4) is 0 Å². The van der Waals surface area contributed by atoms with E-state index in [1.165, 1.54) is 9.80 Å². The van der Waals surface area contributed by atoms with Crippen LogP contribution in [-0.2, 0) is 33.6 Å². The Kier molecular flexibility index (Phi) is 58.9. The van der Waals surface area contributed by atoms with Crippen molar-refractivity contribution in [2.45, 2.75) is 0 Å². The first kappa shape index (κ1) is 65.5. The first-order valence-corrected chi connectivity index (χ1v) is 11.1. The molecule has 0 aliphatic heterocycles. The Morgan fingerprint density at radius 3 is 0.644 bits per heavy atom. The number of carbonyl (C=O) groups is 7. The molecule has 0 aliphatic carbocycles. The third-order valence-corrected chi connectivity index (χ3v) is 4.39. The van der Waals surface area contributed by atoms with Crippen molar-refractivity contribution in [1.82, 2.24) is 19.6 Å². The van der Waals surface area contributed by atoms with Crippen molar-refractivity contribution < 1.29 is 260 Å². The van der Waals surface area contributed by atoms with E-state index >= 15 is 0 Å². The molecule has 0 radical (unpaired) electrons. The molecule has 0 aliphatic rings. The summed E-state index contributed by atoms with van der Waals surface area (Å²) >= 11 is 0. The minimum atomic E-state index is -1.23. The number of rotatable bonds is 22. The second-order valence-electron chi connectivity index (χ2n) is 7.89. The van der Waals surface area contributed by atoms with Crippen molar-refractivity contribution in [3.63, 3.8) is 0 Å². The van der Waals surface area contributed by atoms with Crippen LogP contribution < -0.4 is 177 Å². The Labute approximate surface area is 401 Å². The molecule has 0 aromatic rings. The van der Waals surface area contributed by atoms with Gasteiger partial charge in [0.1, 0.15) is 0 Å². The molecule has 0 spiro atoms. The summed E-state index contributed by atoms with van der Waals surface area (Å²) in [4.78, 5) is 78.6. The summed E-state index contributed by atoms with van der Waals surface area (Å²) in [5.41, 5.74) is 0. The maximum Gasteiger partial charge on any atom is 1.00 e. The van der Waals surface area contributed by atoms with Gasteiger partial charge >= 0.3 is 219 Å². The Bertz CT molecular complexity index is 806. The SMILES string of the molecule is O=C(O)CN(CCN(CC(=O)O)CC(=O)O)CC(=O)O.O=C(O)CN(CCO)CCN(CC(=O)O)CC(=O)O.[H-].[H-].[H-].[H-].[H-].[H-].[Na+].[Na+].[Na+].[Na+].[Na+].[Na+]. The second-order valence-corrected chi connectivity index (χ2v) is 7.89. The van der Waals surface area contributed by atoms with E-state index in [1.807, 2.05) is 0 Å². The number of aliphatic hydroxyl groups excluding tert-OH is 1. The Morgan fingerprint density at radius 2 is 0.489 bits per heavy atom. The molecule has 0 bridgehead atoms. The number of hydrogen-bond donors (Lipinski definition) is 8. The molecule has 8 N–H and O–H groups in total. The molecule has 236 valence electrons. The number of nitrogens with zero attached hydrogens (tertiary/aromatic N) is 4. The molecular formula is C20H40N4Na6O15. The Balaban J connectivity index is -0.0000000362. The van der Waals surface area contributed by atoms with Gasteiger partial charge in [0.15, 0.2) is 0 Å². The maximum atomic E-state index is 10.6. The predicted octanol–water partition coefficient (Wildman–Crippen LogP) is -21.5. The first-order valence-electron chi connectivity index (χ1n) is 11.1. The Morgan fingerprint density at radius 1 is 0.333 bits per heavy atom. The predicted molar refractivity (Wildman–Crippen MR) is 133 cm³/mol.